The Balaban J connectivity index is 3.44. The summed E-state index contributed by atoms with van der Waals surface area (Å²) in [5.74, 6) is 0. The first kappa shape index (κ1) is 13.7. The molecule has 0 aliphatic heterocycles. The number of nitrogens with one attached hydrogen (secondary N) is 1. The fourth-order valence-corrected chi connectivity index (χ4v) is 1.40. The summed E-state index contributed by atoms with van der Waals surface area (Å²) in [5, 5.41) is 4.17. The molecule has 0 rings (SSSR count). The van der Waals surface area contributed by atoms with E-state index in [2.05, 4.69) is 31.1 Å². The lowest BCUT2D eigenvalue weighted by atomic mass is 10.2. The van der Waals surface area contributed by atoms with Gasteiger partial charge in [0.2, 0.25) is 0 Å². The molecule has 2 nitrogen and oxygen atoms in total. The van der Waals surface area contributed by atoms with Crippen LogP contribution in [0.15, 0.2) is 0 Å². The molecule has 0 aromatic heterocycles. The van der Waals surface area contributed by atoms with Gasteiger partial charge in [0.1, 0.15) is 0 Å². The fourth-order valence-electron chi connectivity index (χ4n) is 1.21. The minimum absolute atomic E-state index is 0.898. The largest absolute Gasteiger partial charge is 0.363 e. The maximum absolute atomic E-state index is 5.25. The first-order valence-electron chi connectivity index (χ1n) is 5.71. The molecule has 0 saturated carbocycles. The van der Waals surface area contributed by atoms with Crippen LogP contribution in [0.4, 0.5) is 0 Å². The molecule has 0 heterocycles. The Bertz CT molecular complexity index is 148. The molecule has 14 heavy (non-hydrogen) atoms. The van der Waals surface area contributed by atoms with E-state index in [0.29, 0.717) is 0 Å². The lowest BCUT2D eigenvalue weighted by Crippen LogP contribution is -2.37. The molecule has 0 spiro atoms. The number of hydrogen-bond acceptors (Lipinski definition) is 1. The van der Waals surface area contributed by atoms with E-state index in [1.54, 1.807) is 0 Å². The van der Waals surface area contributed by atoms with Crippen molar-refractivity contribution < 1.29 is 0 Å². The van der Waals surface area contributed by atoms with Crippen LogP contribution in [0.25, 0.3) is 0 Å². The Morgan fingerprint density at radius 1 is 1.14 bits per heavy atom. The van der Waals surface area contributed by atoms with Crippen molar-refractivity contribution in [3.8, 4) is 0 Å². The molecule has 1 N–H and O–H groups in total. The second-order valence-electron chi connectivity index (χ2n) is 3.71. The smallest absolute Gasteiger partial charge is 0.168 e. The maximum atomic E-state index is 5.25. The van der Waals surface area contributed by atoms with E-state index in [9.17, 15) is 0 Å². The Morgan fingerprint density at radius 2 is 1.79 bits per heavy atom. The van der Waals surface area contributed by atoms with Gasteiger partial charge in [0.15, 0.2) is 5.11 Å². The Kier molecular flexibility index (Phi) is 9.05. The third kappa shape index (κ3) is 7.13. The lowest BCUT2D eigenvalue weighted by molar-refractivity contribution is 0.466. The number of nitrogens with zero attached hydrogens (tertiary/aromatic N) is 1. The van der Waals surface area contributed by atoms with Crippen molar-refractivity contribution in [3.63, 3.8) is 0 Å². The zero-order chi connectivity index (χ0) is 10.8. The minimum Gasteiger partial charge on any atom is -0.363 e. The molecular formula is C11H24N2S. The summed E-state index contributed by atoms with van der Waals surface area (Å²) in [6.07, 6.45) is 6.21. The molecule has 0 aliphatic rings. The second-order valence-corrected chi connectivity index (χ2v) is 4.10. The zero-order valence-electron chi connectivity index (χ0n) is 9.81. The van der Waals surface area contributed by atoms with Gasteiger partial charge in [-0.05, 0) is 25.1 Å². The van der Waals surface area contributed by atoms with Gasteiger partial charge < -0.3 is 10.2 Å². The molecule has 0 bridgehead atoms. The summed E-state index contributed by atoms with van der Waals surface area (Å²) in [7, 11) is 2.07. The van der Waals surface area contributed by atoms with Crippen LogP contribution in [-0.2, 0) is 0 Å². The average Bonchev–Trinajstić information content (AvgIpc) is 2.18. The van der Waals surface area contributed by atoms with Gasteiger partial charge in [0, 0.05) is 20.1 Å². The molecule has 0 amide bonds. The van der Waals surface area contributed by atoms with Gasteiger partial charge >= 0.3 is 0 Å². The van der Waals surface area contributed by atoms with Crippen LogP contribution < -0.4 is 5.32 Å². The van der Waals surface area contributed by atoms with Crippen molar-refractivity contribution in [1.29, 1.82) is 0 Å². The Labute approximate surface area is 94.1 Å². The first-order chi connectivity index (χ1) is 6.72. The lowest BCUT2D eigenvalue weighted by Gasteiger charge is -2.20. The van der Waals surface area contributed by atoms with E-state index in [4.69, 9.17) is 12.2 Å². The molecule has 0 fully saturated rings. The molecule has 0 aromatic carbocycles. The van der Waals surface area contributed by atoms with Crippen molar-refractivity contribution in [1.82, 2.24) is 10.2 Å². The molecule has 3 heteroatoms. The number of hydrogen-bond donors (Lipinski definition) is 1. The standard InChI is InChI=1S/C11H24N2S/c1-4-6-8-10-13(3)11(14)12-9-7-5-2/h4-10H2,1-3H3,(H,12,14). The van der Waals surface area contributed by atoms with Crippen LogP contribution in [0.5, 0.6) is 0 Å². The van der Waals surface area contributed by atoms with E-state index in [1.807, 2.05) is 0 Å². The van der Waals surface area contributed by atoms with Gasteiger partial charge in [-0.2, -0.15) is 0 Å². The van der Waals surface area contributed by atoms with E-state index in [0.717, 1.165) is 18.2 Å². The predicted molar refractivity (Wildman–Crippen MR) is 67.7 cm³/mol. The topological polar surface area (TPSA) is 15.3 Å². The molecule has 0 aromatic rings. The van der Waals surface area contributed by atoms with Crippen LogP contribution in [0.2, 0.25) is 0 Å². The molecule has 84 valence electrons. The van der Waals surface area contributed by atoms with Gasteiger partial charge in [-0.1, -0.05) is 33.1 Å². The van der Waals surface area contributed by atoms with Gasteiger partial charge in [-0.15, -0.1) is 0 Å². The summed E-state index contributed by atoms with van der Waals surface area (Å²) in [5.41, 5.74) is 0. The van der Waals surface area contributed by atoms with Crippen molar-refractivity contribution in [3.05, 3.63) is 0 Å². The highest BCUT2D eigenvalue weighted by atomic mass is 32.1. The highest BCUT2D eigenvalue weighted by Crippen LogP contribution is 1.96. The Hall–Kier alpha value is -0.310. The molecular weight excluding hydrogens is 192 g/mol. The molecule has 0 aliphatic carbocycles. The zero-order valence-corrected chi connectivity index (χ0v) is 10.6. The van der Waals surface area contributed by atoms with Crippen LogP contribution in [0.3, 0.4) is 0 Å². The van der Waals surface area contributed by atoms with E-state index < -0.39 is 0 Å². The average molecular weight is 216 g/mol. The highest BCUT2D eigenvalue weighted by Gasteiger charge is 2.01. The van der Waals surface area contributed by atoms with Crippen molar-refractivity contribution >= 4 is 17.3 Å². The number of rotatable bonds is 7. The van der Waals surface area contributed by atoms with Gasteiger partial charge in [-0.3, -0.25) is 0 Å². The minimum atomic E-state index is 0.898. The number of thiocarbonyl (C=S) groups is 1. The summed E-state index contributed by atoms with van der Waals surface area (Å²) >= 11 is 5.25. The van der Waals surface area contributed by atoms with Crippen molar-refractivity contribution in [2.24, 2.45) is 0 Å². The maximum Gasteiger partial charge on any atom is 0.168 e. The molecule has 0 unspecified atom stereocenters. The van der Waals surface area contributed by atoms with Gasteiger partial charge in [-0.25, -0.2) is 0 Å². The quantitative estimate of drug-likeness (QED) is 0.520. The van der Waals surface area contributed by atoms with Crippen LogP contribution in [0.1, 0.15) is 46.0 Å². The third-order valence-electron chi connectivity index (χ3n) is 2.25. The van der Waals surface area contributed by atoms with Crippen LogP contribution in [0, 0.1) is 0 Å². The summed E-state index contributed by atoms with van der Waals surface area (Å²) in [6.45, 7) is 6.49. The normalized spacial score (nSPS) is 9.93. The SMILES string of the molecule is CCCCCN(C)C(=S)NCCCC. The molecule has 0 radical (unpaired) electrons. The fraction of sp³-hybridized carbons (Fsp3) is 0.909. The highest BCUT2D eigenvalue weighted by molar-refractivity contribution is 7.80. The Morgan fingerprint density at radius 3 is 2.36 bits per heavy atom. The monoisotopic (exact) mass is 216 g/mol. The first-order valence-corrected chi connectivity index (χ1v) is 6.12. The van der Waals surface area contributed by atoms with Gasteiger partial charge in [0.05, 0.1) is 0 Å². The van der Waals surface area contributed by atoms with E-state index in [1.165, 1.54) is 32.1 Å². The summed E-state index contributed by atoms with van der Waals surface area (Å²) in [6, 6.07) is 0. The van der Waals surface area contributed by atoms with Gasteiger partial charge in [0.25, 0.3) is 0 Å². The van der Waals surface area contributed by atoms with Crippen molar-refractivity contribution in [2.75, 3.05) is 20.1 Å². The third-order valence-corrected chi connectivity index (χ3v) is 2.71. The van der Waals surface area contributed by atoms with Crippen molar-refractivity contribution in [2.45, 2.75) is 46.0 Å². The summed E-state index contributed by atoms with van der Waals surface area (Å²) in [4.78, 5) is 2.14. The summed E-state index contributed by atoms with van der Waals surface area (Å²) < 4.78 is 0. The number of unbranched alkanes of at least 4 members (excludes halogenated alkanes) is 3. The van der Waals surface area contributed by atoms with E-state index >= 15 is 0 Å². The van der Waals surface area contributed by atoms with Crippen LogP contribution in [-0.4, -0.2) is 30.1 Å². The molecule has 0 saturated heterocycles. The second kappa shape index (κ2) is 9.25. The predicted octanol–water partition coefficient (Wildman–Crippen LogP) is 2.78. The van der Waals surface area contributed by atoms with E-state index in [-0.39, 0.29) is 0 Å². The molecule has 0 atom stereocenters. The van der Waals surface area contributed by atoms with Crippen LogP contribution >= 0.6 is 12.2 Å².